The smallest absolute Gasteiger partial charge is 0.238 e. The predicted molar refractivity (Wildman–Crippen MR) is 89.8 cm³/mol. The molecule has 3 aromatic rings. The molecule has 2 N–H and O–H groups in total. The van der Waals surface area contributed by atoms with Gasteiger partial charge in [-0.25, -0.2) is 13.6 Å². The van der Waals surface area contributed by atoms with Crippen molar-refractivity contribution in [1.82, 2.24) is 0 Å². The molecule has 0 aliphatic rings. The number of para-hydroxylation sites is 1. The number of anilines is 2. The lowest BCUT2D eigenvalue weighted by Gasteiger charge is -2.20. The molecule has 4 nitrogen and oxygen atoms in total. The Bertz CT molecular complexity index is 922. The minimum absolute atomic E-state index is 0.129. The summed E-state index contributed by atoms with van der Waals surface area (Å²) in [7, 11) is -1.68. The van der Waals surface area contributed by atoms with E-state index in [1.54, 1.807) is 12.1 Å². The number of rotatable bonds is 3. The second-order valence-corrected chi connectivity index (χ2v) is 6.69. The van der Waals surface area contributed by atoms with Gasteiger partial charge in [0.25, 0.3) is 0 Å². The number of hydrogen-bond donors (Lipinski definition) is 1. The van der Waals surface area contributed by atoms with Gasteiger partial charge in [-0.1, -0.05) is 30.3 Å². The molecule has 112 valence electrons. The van der Waals surface area contributed by atoms with E-state index < -0.39 is 10.0 Å². The van der Waals surface area contributed by atoms with Crippen LogP contribution in [0.4, 0.5) is 11.4 Å². The molecule has 0 spiro atoms. The van der Waals surface area contributed by atoms with Gasteiger partial charge in [0.2, 0.25) is 10.0 Å². The highest BCUT2D eigenvalue weighted by Crippen LogP contribution is 2.28. The number of primary sulfonamides is 1. The van der Waals surface area contributed by atoms with Crippen molar-refractivity contribution in [3.8, 4) is 0 Å². The van der Waals surface area contributed by atoms with E-state index in [9.17, 15) is 8.42 Å². The Morgan fingerprint density at radius 1 is 0.818 bits per heavy atom. The minimum Gasteiger partial charge on any atom is -0.345 e. The molecule has 0 radical (unpaired) electrons. The van der Waals surface area contributed by atoms with Gasteiger partial charge in [-0.05, 0) is 47.2 Å². The minimum atomic E-state index is -3.67. The normalized spacial score (nSPS) is 11.5. The molecule has 0 saturated heterocycles. The van der Waals surface area contributed by atoms with Crippen LogP contribution in [0.5, 0.6) is 0 Å². The fourth-order valence-electron chi connectivity index (χ4n) is 2.40. The predicted octanol–water partition coefficient (Wildman–Crippen LogP) is 3.26. The Kier molecular flexibility index (Phi) is 3.60. The van der Waals surface area contributed by atoms with E-state index in [4.69, 9.17) is 5.14 Å². The zero-order valence-corrected chi connectivity index (χ0v) is 12.9. The lowest BCUT2D eigenvalue weighted by Crippen LogP contribution is -2.12. The molecule has 0 amide bonds. The van der Waals surface area contributed by atoms with Crippen molar-refractivity contribution in [2.24, 2.45) is 5.14 Å². The second-order valence-electron chi connectivity index (χ2n) is 5.13. The van der Waals surface area contributed by atoms with Gasteiger partial charge >= 0.3 is 0 Å². The van der Waals surface area contributed by atoms with Crippen molar-refractivity contribution in [3.05, 3.63) is 66.7 Å². The van der Waals surface area contributed by atoms with Gasteiger partial charge in [-0.15, -0.1) is 0 Å². The van der Waals surface area contributed by atoms with Crippen molar-refractivity contribution < 1.29 is 8.42 Å². The fraction of sp³-hybridized carbons (Fsp3) is 0.0588. The summed E-state index contributed by atoms with van der Waals surface area (Å²) >= 11 is 0. The largest absolute Gasteiger partial charge is 0.345 e. The van der Waals surface area contributed by atoms with Gasteiger partial charge in [0.1, 0.15) is 0 Å². The van der Waals surface area contributed by atoms with E-state index in [2.05, 4.69) is 4.90 Å². The van der Waals surface area contributed by atoms with Gasteiger partial charge in [0, 0.05) is 18.4 Å². The van der Waals surface area contributed by atoms with Gasteiger partial charge in [0.15, 0.2) is 0 Å². The van der Waals surface area contributed by atoms with Gasteiger partial charge in [-0.2, -0.15) is 0 Å². The summed E-state index contributed by atoms with van der Waals surface area (Å²) in [6.07, 6.45) is 0. The Morgan fingerprint density at radius 2 is 1.45 bits per heavy atom. The van der Waals surface area contributed by atoms with Crippen molar-refractivity contribution in [2.45, 2.75) is 4.90 Å². The standard InChI is InChI=1S/C17H16N2O2S/c1-19(15-5-3-2-4-6-15)16-9-7-14-12-17(22(18,20)21)10-8-13(14)11-16/h2-12H,1H3,(H2,18,20,21). The van der Waals surface area contributed by atoms with Crippen LogP contribution in [0, 0.1) is 0 Å². The number of nitrogens with zero attached hydrogens (tertiary/aromatic N) is 1. The maximum absolute atomic E-state index is 11.4. The van der Waals surface area contributed by atoms with Gasteiger partial charge < -0.3 is 4.90 Å². The molecule has 0 unspecified atom stereocenters. The molecule has 0 aromatic heterocycles. The first-order valence-electron chi connectivity index (χ1n) is 6.80. The van der Waals surface area contributed by atoms with Crippen LogP contribution in [-0.4, -0.2) is 15.5 Å². The van der Waals surface area contributed by atoms with Crippen LogP contribution >= 0.6 is 0 Å². The summed E-state index contributed by atoms with van der Waals surface area (Å²) < 4.78 is 22.8. The third-order valence-corrected chi connectivity index (χ3v) is 4.57. The Morgan fingerprint density at radius 3 is 2.14 bits per heavy atom. The number of benzene rings is 3. The second kappa shape index (κ2) is 5.44. The summed E-state index contributed by atoms with van der Waals surface area (Å²) in [4.78, 5) is 2.21. The molecular weight excluding hydrogens is 296 g/mol. The monoisotopic (exact) mass is 312 g/mol. The third-order valence-electron chi connectivity index (χ3n) is 3.65. The van der Waals surface area contributed by atoms with Crippen LogP contribution in [0.15, 0.2) is 71.6 Å². The van der Waals surface area contributed by atoms with Crippen LogP contribution < -0.4 is 10.0 Å². The first-order valence-corrected chi connectivity index (χ1v) is 8.35. The lowest BCUT2D eigenvalue weighted by atomic mass is 10.1. The molecule has 5 heteroatoms. The maximum Gasteiger partial charge on any atom is 0.238 e. The summed E-state index contributed by atoms with van der Waals surface area (Å²) in [5.74, 6) is 0. The first-order chi connectivity index (χ1) is 10.4. The summed E-state index contributed by atoms with van der Waals surface area (Å²) in [5.41, 5.74) is 2.12. The van der Waals surface area contributed by atoms with E-state index in [0.29, 0.717) is 0 Å². The number of fused-ring (bicyclic) bond motifs is 1. The van der Waals surface area contributed by atoms with Gasteiger partial charge in [-0.3, -0.25) is 0 Å². The highest BCUT2D eigenvalue weighted by molar-refractivity contribution is 7.89. The Balaban J connectivity index is 2.04. The first kappa shape index (κ1) is 14.6. The number of sulfonamides is 1. The van der Waals surface area contributed by atoms with Crippen molar-refractivity contribution in [2.75, 3.05) is 11.9 Å². The quantitative estimate of drug-likeness (QED) is 0.807. The average Bonchev–Trinajstić information content (AvgIpc) is 2.53. The van der Waals surface area contributed by atoms with Crippen LogP contribution in [0.2, 0.25) is 0 Å². The number of nitrogens with two attached hydrogens (primary N) is 1. The van der Waals surface area contributed by atoms with Crippen LogP contribution in [0.3, 0.4) is 0 Å². The Labute approximate surface area is 129 Å². The van der Waals surface area contributed by atoms with E-state index in [0.717, 1.165) is 22.1 Å². The zero-order chi connectivity index (χ0) is 15.7. The van der Waals surface area contributed by atoms with Crippen LogP contribution in [0.1, 0.15) is 0 Å². The summed E-state index contributed by atoms with van der Waals surface area (Å²) in [6, 6.07) is 20.8. The molecule has 0 heterocycles. The molecule has 3 rings (SSSR count). The summed E-state index contributed by atoms with van der Waals surface area (Å²) in [6.45, 7) is 0. The van der Waals surface area contributed by atoms with Crippen molar-refractivity contribution in [1.29, 1.82) is 0 Å². The summed E-state index contributed by atoms with van der Waals surface area (Å²) in [5, 5.41) is 6.98. The topological polar surface area (TPSA) is 63.4 Å². The third kappa shape index (κ3) is 2.81. The Hall–Kier alpha value is -2.37. The van der Waals surface area contributed by atoms with Crippen molar-refractivity contribution >= 4 is 32.2 Å². The SMILES string of the molecule is CN(c1ccccc1)c1ccc2cc(S(N)(=O)=O)ccc2c1. The van der Waals surface area contributed by atoms with Crippen molar-refractivity contribution in [3.63, 3.8) is 0 Å². The van der Waals surface area contributed by atoms with E-state index in [-0.39, 0.29) is 4.90 Å². The lowest BCUT2D eigenvalue weighted by molar-refractivity contribution is 0.598. The molecule has 0 aliphatic heterocycles. The molecular formula is C17H16N2O2S. The highest BCUT2D eigenvalue weighted by Gasteiger charge is 2.09. The molecule has 0 aliphatic carbocycles. The molecule has 3 aromatic carbocycles. The number of hydrogen-bond acceptors (Lipinski definition) is 3. The fourth-order valence-corrected chi connectivity index (χ4v) is 2.95. The molecule has 22 heavy (non-hydrogen) atoms. The zero-order valence-electron chi connectivity index (χ0n) is 12.1. The maximum atomic E-state index is 11.4. The molecule has 0 bridgehead atoms. The molecule has 0 fully saturated rings. The van der Waals surface area contributed by atoms with E-state index in [1.165, 1.54) is 6.07 Å². The molecule has 0 saturated carbocycles. The average molecular weight is 312 g/mol. The van der Waals surface area contributed by atoms with Gasteiger partial charge in [0.05, 0.1) is 4.90 Å². The highest BCUT2D eigenvalue weighted by atomic mass is 32.2. The van der Waals surface area contributed by atoms with E-state index >= 15 is 0 Å². The van der Waals surface area contributed by atoms with E-state index in [1.807, 2.05) is 55.6 Å². The van der Waals surface area contributed by atoms with Crippen LogP contribution in [0.25, 0.3) is 10.8 Å². The molecule has 0 atom stereocenters. The van der Waals surface area contributed by atoms with Crippen LogP contribution in [-0.2, 0) is 10.0 Å².